The topological polar surface area (TPSA) is 32.3 Å². The summed E-state index contributed by atoms with van der Waals surface area (Å²) in [6.45, 7) is 1.57. The Kier molecular flexibility index (Phi) is 2.35. The van der Waals surface area contributed by atoms with E-state index in [0.717, 1.165) is 0 Å². The van der Waals surface area contributed by atoms with Crippen molar-refractivity contribution in [3.05, 3.63) is 0 Å². The number of hydrogen-bond donors (Lipinski definition) is 2. The normalized spacial score (nSPS) is 38.2. The fraction of sp³-hybridized carbons (Fsp3) is 1.00. The molecule has 1 fully saturated rings. The van der Waals surface area contributed by atoms with E-state index in [4.69, 9.17) is 0 Å². The molecular weight excluding hydrogens is 171 g/mol. The molecule has 1 saturated heterocycles. The van der Waals surface area contributed by atoms with Crippen molar-refractivity contribution in [3.63, 3.8) is 0 Å². The third kappa shape index (κ3) is 1.43. The maximum Gasteiger partial charge on any atom is 0.418 e. The molecule has 0 aliphatic carbocycles. The van der Waals surface area contributed by atoms with Gasteiger partial charge in [0.25, 0.3) is 0 Å². The second-order valence-electron chi connectivity index (χ2n) is 3.29. The van der Waals surface area contributed by atoms with E-state index in [1.165, 1.54) is 6.92 Å². The van der Waals surface area contributed by atoms with Crippen LogP contribution >= 0.6 is 0 Å². The van der Waals surface area contributed by atoms with E-state index in [9.17, 15) is 18.3 Å². The summed E-state index contributed by atoms with van der Waals surface area (Å²) < 4.78 is 36.9. The van der Waals surface area contributed by atoms with Gasteiger partial charge in [-0.2, -0.15) is 13.2 Å². The van der Waals surface area contributed by atoms with Gasteiger partial charge in [-0.05, 0) is 18.9 Å². The van der Waals surface area contributed by atoms with Gasteiger partial charge in [-0.1, -0.05) is 6.92 Å². The Morgan fingerprint density at radius 1 is 1.50 bits per heavy atom. The van der Waals surface area contributed by atoms with Crippen LogP contribution in [0.2, 0.25) is 0 Å². The molecular formula is C7H12F3NO. The molecule has 72 valence electrons. The number of β-amino-alcohol motifs (C(OH)–C–C–N with tert-alkyl or cyclic N) is 1. The van der Waals surface area contributed by atoms with Crippen LogP contribution in [0.1, 0.15) is 13.3 Å². The third-order valence-electron chi connectivity index (χ3n) is 2.45. The lowest BCUT2D eigenvalue weighted by molar-refractivity contribution is -0.280. The summed E-state index contributed by atoms with van der Waals surface area (Å²) in [6.07, 6.45) is -4.17. The Morgan fingerprint density at radius 2 is 2.08 bits per heavy atom. The Balaban J connectivity index is 2.79. The van der Waals surface area contributed by atoms with E-state index in [2.05, 4.69) is 5.32 Å². The average Bonchev–Trinajstić information content (AvgIpc) is 1.93. The zero-order valence-corrected chi connectivity index (χ0v) is 6.78. The van der Waals surface area contributed by atoms with Gasteiger partial charge in [0.15, 0.2) is 5.60 Å². The highest BCUT2D eigenvalue weighted by Gasteiger charge is 2.57. The van der Waals surface area contributed by atoms with Crippen molar-refractivity contribution in [3.8, 4) is 0 Å². The number of nitrogens with one attached hydrogen (secondary N) is 1. The molecule has 2 atom stereocenters. The third-order valence-corrected chi connectivity index (χ3v) is 2.45. The number of piperidine rings is 1. The summed E-state index contributed by atoms with van der Waals surface area (Å²) in [7, 11) is 0. The Labute approximate surface area is 68.8 Å². The first kappa shape index (κ1) is 9.80. The molecule has 12 heavy (non-hydrogen) atoms. The molecule has 1 unspecified atom stereocenters. The largest absolute Gasteiger partial charge is 0.418 e. The molecule has 0 spiro atoms. The van der Waals surface area contributed by atoms with E-state index in [1.807, 2.05) is 0 Å². The van der Waals surface area contributed by atoms with Gasteiger partial charge in [-0.15, -0.1) is 0 Å². The molecule has 0 aromatic rings. The molecule has 1 aliphatic heterocycles. The molecule has 0 amide bonds. The maximum absolute atomic E-state index is 12.3. The number of hydrogen-bond acceptors (Lipinski definition) is 2. The van der Waals surface area contributed by atoms with Crippen molar-refractivity contribution in [2.75, 3.05) is 13.1 Å². The van der Waals surface area contributed by atoms with Gasteiger partial charge in [0.2, 0.25) is 0 Å². The van der Waals surface area contributed by atoms with E-state index in [0.29, 0.717) is 13.0 Å². The summed E-state index contributed by atoms with van der Waals surface area (Å²) in [6, 6.07) is 0. The zero-order valence-electron chi connectivity index (χ0n) is 6.78. The quantitative estimate of drug-likeness (QED) is 0.585. The molecule has 0 radical (unpaired) electrons. The maximum atomic E-state index is 12.3. The summed E-state index contributed by atoms with van der Waals surface area (Å²) >= 11 is 0. The fourth-order valence-corrected chi connectivity index (χ4v) is 1.39. The first-order chi connectivity index (χ1) is 5.38. The highest BCUT2D eigenvalue weighted by Crippen LogP contribution is 2.38. The van der Waals surface area contributed by atoms with Gasteiger partial charge in [0.05, 0.1) is 0 Å². The summed E-state index contributed by atoms with van der Waals surface area (Å²) in [5.41, 5.74) is -2.54. The van der Waals surface area contributed by atoms with Crippen LogP contribution in [0.4, 0.5) is 13.2 Å². The van der Waals surface area contributed by atoms with Crippen molar-refractivity contribution in [1.29, 1.82) is 0 Å². The van der Waals surface area contributed by atoms with Gasteiger partial charge < -0.3 is 10.4 Å². The molecule has 5 heteroatoms. The standard InChI is InChI=1S/C7H12F3NO/c1-5-2-3-11-4-6(5,12)7(8,9)10/h5,11-12H,2-4H2,1H3/t5?,6-/m0/s1. The minimum Gasteiger partial charge on any atom is -0.379 e. The summed E-state index contributed by atoms with van der Waals surface area (Å²) in [4.78, 5) is 0. The molecule has 0 aromatic carbocycles. The van der Waals surface area contributed by atoms with Crippen LogP contribution in [0, 0.1) is 5.92 Å². The molecule has 1 heterocycles. The lowest BCUT2D eigenvalue weighted by Crippen LogP contribution is -2.60. The molecule has 0 aromatic heterocycles. The van der Waals surface area contributed by atoms with Crippen LogP contribution in [0.25, 0.3) is 0 Å². The van der Waals surface area contributed by atoms with E-state index >= 15 is 0 Å². The predicted molar refractivity (Wildman–Crippen MR) is 37.7 cm³/mol. The monoisotopic (exact) mass is 183 g/mol. The van der Waals surface area contributed by atoms with Crippen LogP contribution in [-0.2, 0) is 0 Å². The number of halogens is 3. The second kappa shape index (κ2) is 2.88. The molecule has 1 rings (SSSR count). The molecule has 0 saturated carbocycles. The molecule has 2 N–H and O–H groups in total. The lowest BCUT2D eigenvalue weighted by atomic mass is 9.83. The zero-order chi connectivity index (χ0) is 9.41. The van der Waals surface area contributed by atoms with Crippen molar-refractivity contribution in [1.82, 2.24) is 5.32 Å². The number of rotatable bonds is 0. The lowest BCUT2D eigenvalue weighted by Gasteiger charge is -2.39. The summed E-state index contributed by atoms with van der Waals surface area (Å²) in [5, 5.41) is 11.8. The minimum absolute atomic E-state index is 0.357. The van der Waals surface area contributed by atoms with Crippen LogP contribution in [0.3, 0.4) is 0 Å². The van der Waals surface area contributed by atoms with Crippen molar-refractivity contribution in [2.24, 2.45) is 5.92 Å². The van der Waals surface area contributed by atoms with Crippen LogP contribution in [0.15, 0.2) is 0 Å². The number of alkyl halides is 3. The van der Waals surface area contributed by atoms with Crippen molar-refractivity contribution >= 4 is 0 Å². The fourth-order valence-electron chi connectivity index (χ4n) is 1.39. The van der Waals surface area contributed by atoms with E-state index in [1.54, 1.807) is 0 Å². The van der Waals surface area contributed by atoms with Gasteiger partial charge in [-0.25, -0.2) is 0 Å². The first-order valence-electron chi connectivity index (χ1n) is 3.88. The SMILES string of the molecule is CC1CCNC[C@@]1(O)C(F)(F)F. The van der Waals surface area contributed by atoms with Crippen LogP contribution < -0.4 is 5.32 Å². The van der Waals surface area contributed by atoms with Gasteiger partial charge in [0.1, 0.15) is 0 Å². The van der Waals surface area contributed by atoms with Crippen LogP contribution in [-0.4, -0.2) is 30.0 Å². The predicted octanol–water partition coefficient (Wildman–Crippen LogP) is 0.909. The van der Waals surface area contributed by atoms with Crippen molar-refractivity contribution < 1.29 is 18.3 Å². The van der Waals surface area contributed by atoms with Gasteiger partial charge in [-0.3, -0.25) is 0 Å². The number of aliphatic hydroxyl groups is 1. The Bertz CT molecular complexity index is 171. The van der Waals surface area contributed by atoms with Crippen molar-refractivity contribution in [2.45, 2.75) is 25.1 Å². The molecule has 1 aliphatic rings. The minimum atomic E-state index is -4.53. The highest BCUT2D eigenvalue weighted by molar-refractivity contribution is 4.96. The van der Waals surface area contributed by atoms with Gasteiger partial charge >= 0.3 is 6.18 Å². The Morgan fingerprint density at radius 3 is 2.42 bits per heavy atom. The van der Waals surface area contributed by atoms with Crippen LogP contribution in [0.5, 0.6) is 0 Å². The Hall–Kier alpha value is -0.290. The summed E-state index contributed by atoms with van der Waals surface area (Å²) in [5.74, 6) is -0.723. The highest BCUT2D eigenvalue weighted by atomic mass is 19.4. The molecule has 2 nitrogen and oxygen atoms in total. The first-order valence-corrected chi connectivity index (χ1v) is 3.88. The van der Waals surface area contributed by atoms with E-state index in [-0.39, 0.29) is 0 Å². The smallest absolute Gasteiger partial charge is 0.379 e. The van der Waals surface area contributed by atoms with Gasteiger partial charge in [0, 0.05) is 6.54 Å². The van der Waals surface area contributed by atoms with E-state index < -0.39 is 24.2 Å². The second-order valence-corrected chi connectivity index (χ2v) is 3.29. The molecule has 0 bridgehead atoms. The average molecular weight is 183 g/mol.